The molecule has 1 aliphatic heterocycles. The van der Waals surface area contributed by atoms with Crippen LogP contribution >= 0.6 is 11.3 Å². The lowest BCUT2D eigenvalue weighted by Gasteiger charge is -2.40. The van der Waals surface area contributed by atoms with Gasteiger partial charge in [-0.3, -0.25) is 9.79 Å². The molecule has 1 aliphatic rings. The van der Waals surface area contributed by atoms with Gasteiger partial charge in [0.25, 0.3) is 5.91 Å². The van der Waals surface area contributed by atoms with E-state index in [4.69, 9.17) is 23.9 Å². The first-order chi connectivity index (χ1) is 23.5. The first kappa shape index (κ1) is 43.2. The van der Waals surface area contributed by atoms with Crippen LogP contribution in [0.15, 0.2) is 10.4 Å². The van der Waals surface area contributed by atoms with Crippen LogP contribution in [0.4, 0.5) is 0 Å². The number of hydrogen-bond acceptors (Lipinski definition) is 10. The van der Waals surface area contributed by atoms with Gasteiger partial charge in [0.1, 0.15) is 29.8 Å². The number of hydrogen-bond donors (Lipinski definition) is 0. The molecule has 1 fully saturated rings. The maximum absolute atomic E-state index is 14.9. The molecule has 1 amide bonds. The van der Waals surface area contributed by atoms with Crippen molar-refractivity contribution in [3.05, 3.63) is 16.1 Å². The maximum Gasteiger partial charge on any atom is 0.357 e. The summed E-state index contributed by atoms with van der Waals surface area (Å²) in [6, 6.07) is 1.93. The van der Waals surface area contributed by atoms with Crippen LogP contribution in [0.5, 0.6) is 0 Å². The summed E-state index contributed by atoms with van der Waals surface area (Å²) in [5.74, 6) is -0.772. The summed E-state index contributed by atoms with van der Waals surface area (Å²) in [4.78, 5) is 53.6. The van der Waals surface area contributed by atoms with Crippen molar-refractivity contribution in [3.63, 3.8) is 0 Å². The highest BCUT2D eigenvalue weighted by atomic mass is 32.1. The number of unbranched alkanes of at least 4 members (excludes halogenated alkanes) is 2. The van der Waals surface area contributed by atoms with Crippen molar-refractivity contribution in [2.75, 3.05) is 34.0 Å². The van der Waals surface area contributed by atoms with Crippen LogP contribution in [0.2, 0.25) is 18.1 Å². The fourth-order valence-electron chi connectivity index (χ4n) is 6.67. The highest BCUT2D eigenvalue weighted by molar-refractivity contribution is 7.09. The Balaban J connectivity index is 2.65. The van der Waals surface area contributed by atoms with Crippen molar-refractivity contribution in [1.29, 1.82) is 0 Å². The molecule has 2 rings (SSSR count). The Kier molecular flexibility index (Phi) is 19.4. The van der Waals surface area contributed by atoms with E-state index in [0.29, 0.717) is 30.2 Å². The summed E-state index contributed by atoms with van der Waals surface area (Å²) in [6.07, 6.45) is 7.77. The summed E-state index contributed by atoms with van der Waals surface area (Å²) in [5, 5.41) is 2.44. The van der Waals surface area contributed by atoms with Crippen LogP contribution in [0.25, 0.3) is 0 Å². The van der Waals surface area contributed by atoms with E-state index >= 15 is 0 Å². The molecule has 5 unspecified atom stereocenters. The van der Waals surface area contributed by atoms with Gasteiger partial charge in [-0.2, -0.15) is 0 Å². The lowest BCUT2D eigenvalue weighted by molar-refractivity contribution is -0.135. The van der Waals surface area contributed by atoms with Gasteiger partial charge < -0.3 is 28.5 Å². The molecule has 10 nitrogen and oxygen atoms in total. The number of carbonyl (C=O) groups is 3. The zero-order valence-electron chi connectivity index (χ0n) is 32.2. The number of ether oxygens (including phenoxy) is 2. The van der Waals surface area contributed by atoms with Gasteiger partial charge in [-0.05, 0) is 69.7 Å². The Bertz CT molecular complexity index is 1170. The monoisotopic (exact) mass is 722 g/mol. The highest BCUT2D eigenvalue weighted by Crippen LogP contribution is 2.36. The lowest BCUT2D eigenvalue weighted by atomic mass is 9.93. The number of rotatable bonds is 23. The third-order valence-electron chi connectivity index (χ3n) is 10.5. The summed E-state index contributed by atoms with van der Waals surface area (Å²) in [7, 11) is 1.26. The molecule has 0 aromatic carbocycles. The largest absolute Gasteiger partial charge is 0.464 e. The fraction of sp³-hybridized carbons (Fsp3) is 0.811. The van der Waals surface area contributed by atoms with Gasteiger partial charge in [0.15, 0.2) is 14.0 Å². The van der Waals surface area contributed by atoms with Crippen molar-refractivity contribution in [3.8, 4) is 0 Å². The molecule has 280 valence electrons. The second-order valence-electron chi connectivity index (χ2n) is 14.0. The van der Waals surface area contributed by atoms with E-state index in [2.05, 4.69) is 53.4 Å². The quantitative estimate of drug-likeness (QED) is 0.0280. The van der Waals surface area contributed by atoms with E-state index in [1.807, 2.05) is 18.9 Å². The van der Waals surface area contributed by atoms with Crippen molar-refractivity contribution in [1.82, 2.24) is 14.8 Å². The second-order valence-corrected chi connectivity index (χ2v) is 19.6. The van der Waals surface area contributed by atoms with Gasteiger partial charge in [-0.15, -0.1) is 11.3 Å². The minimum atomic E-state index is -2.14. The van der Waals surface area contributed by atoms with E-state index in [-0.39, 0.29) is 42.3 Å². The number of aromatic nitrogens is 1. The number of methoxy groups -OCH3 is 1. The van der Waals surface area contributed by atoms with Crippen LogP contribution in [0, 0.1) is 11.8 Å². The van der Waals surface area contributed by atoms with Crippen molar-refractivity contribution in [2.45, 2.75) is 149 Å². The number of nitrogens with zero attached hydrogens (tertiary/aromatic N) is 4. The smallest absolute Gasteiger partial charge is 0.357 e. The Morgan fingerprint density at radius 2 is 1.82 bits per heavy atom. The molecule has 0 aliphatic carbocycles. The SMILES string of the molecule is CCCCCOCN(C(=O)C(=NC(C=O)C1CCCCN1C)C(C)CC)C(CC(O[Si](CC)(CC)CC)c1nc(C(=O)OC)cs1)C(C)C. The Labute approximate surface area is 301 Å². The van der Waals surface area contributed by atoms with Crippen LogP contribution in [-0.4, -0.2) is 99.1 Å². The number of piperidine rings is 1. The van der Waals surface area contributed by atoms with E-state index in [1.54, 1.807) is 5.38 Å². The minimum Gasteiger partial charge on any atom is -0.464 e. The third kappa shape index (κ3) is 12.3. The number of likely N-dealkylation sites (tertiary alicyclic amines) is 1. The number of amides is 1. The number of likely N-dealkylation sites (N-methyl/N-ethyl adjacent to an activating group) is 1. The summed E-state index contributed by atoms with van der Waals surface area (Å²) < 4.78 is 18.4. The van der Waals surface area contributed by atoms with Crippen molar-refractivity contribution in [2.24, 2.45) is 16.8 Å². The van der Waals surface area contributed by atoms with Gasteiger partial charge in [0.2, 0.25) is 0 Å². The van der Waals surface area contributed by atoms with E-state index in [1.165, 1.54) is 18.4 Å². The van der Waals surface area contributed by atoms with Gasteiger partial charge in [0.05, 0.1) is 13.2 Å². The van der Waals surface area contributed by atoms with Crippen LogP contribution < -0.4 is 0 Å². The molecule has 1 aromatic heterocycles. The van der Waals surface area contributed by atoms with Crippen LogP contribution in [0.3, 0.4) is 0 Å². The van der Waals surface area contributed by atoms with Gasteiger partial charge in [-0.1, -0.05) is 74.7 Å². The summed E-state index contributed by atoms with van der Waals surface area (Å²) >= 11 is 1.40. The van der Waals surface area contributed by atoms with Crippen LogP contribution in [0.1, 0.15) is 128 Å². The van der Waals surface area contributed by atoms with E-state index < -0.39 is 26.4 Å². The highest BCUT2D eigenvalue weighted by Gasteiger charge is 2.39. The molecule has 0 N–H and O–H groups in total. The molecule has 0 radical (unpaired) electrons. The molecule has 12 heteroatoms. The average molecular weight is 723 g/mol. The first-order valence-electron chi connectivity index (χ1n) is 18.8. The maximum atomic E-state index is 14.9. The molecule has 5 atom stereocenters. The predicted molar refractivity (Wildman–Crippen MR) is 202 cm³/mol. The molecular weight excluding hydrogens is 657 g/mol. The Hall–Kier alpha value is -1.99. The topological polar surface area (TPSA) is 111 Å². The average Bonchev–Trinajstić information content (AvgIpc) is 3.61. The normalized spacial score (nSPS) is 18.6. The molecular formula is C37H66N4O6SSi. The molecule has 1 aromatic rings. The zero-order valence-corrected chi connectivity index (χ0v) is 34.0. The molecule has 0 bridgehead atoms. The van der Waals surface area contributed by atoms with Crippen LogP contribution in [-0.2, 0) is 23.5 Å². The standard InChI is InChI=1S/C37H66N4O6SSi/c1-11-16-19-22-46-26-41(36(43)34(28(8)12-2)38-29(24-42)31-20-17-18-21-40(31)9)32(27(6)7)23-33(47-49(13-3,14-4)15-5)35-39-30(25-48-35)37(44)45-10/h24-25,27-29,31-33H,11-23,26H2,1-10H3. The zero-order chi connectivity index (χ0) is 36.6. The molecule has 2 heterocycles. The summed E-state index contributed by atoms with van der Waals surface area (Å²) in [6.45, 7) is 18.6. The minimum absolute atomic E-state index is 0.0281. The van der Waals surface area contributed by atoms with Gasteiger partial charge >= 0.3 is 5.97 Å². The predicted octanol–water partition coefficient (Wildman–Crippen LogP) is 7.94. The summed E-state index contributed by atoms with van der Waals surface area (Å²) in [5.41, 5.74) is 0.695. The molecule has 49 heavy (non-hydrogen) atoms. The Morgan fingerprint density at radius 1 is 1.12 bits per heavy atom. The molecule has 0 spiro atoms. The van der Waals surface area contributed by atoms with Gasteiger partial charge in [0, 0.05) is 30.0 Å². The number of aldehydes is 1. The number of esters is 1. The first-order valence-corrected chi connectivity index (χ1v) is 22.2. The number of thiazole rings is 1. The van der Waals surface area contributed by atoms with Crippen molar-refractivity contribution >= 4 is 43.5 Å². The number of carbonyl (C=O) groups excluding carboxylic acids is 3. The Morgan fingerprint density at radius 3 is 2.37 bits per heavy atom. The molecule has 0 saturated carbocycles. The lowest BCUT2D eigenvalue weighted by Crippen LogP contribution is -2.51. The van der Waals surface area contributed by atoms with E-state index in [0.717, 1.165) is 69.5 Å². The number of aliphatic imine (C=N–C) groups is 1. The third-order valence-corrected chi connectivity index (χ3v) is 16.1. The molecule has 1 saturated heterocycles. The second kappa shape index (κ2) is 22.1. The fourth-order valence-corrected chi connectivity index (χ4v) is 10.4. The van der Waals surface area contributed by atoms with Crippen molar-refractivity contribution < 1.29 is 28.3 Å². The van der Waals surface area contributed by atoms with Gasteiger partial charge in [-0.25, -0.2) is 9.78 Å². The van der Waals surface area contributed by atoms with E-state index in [9.17, 15) is 14.4 Å².